The van der Waals surface area contributed by atoms with E-state index < -0.39 is 0 Å². The van der Waals surface area contributed by atoms with Crippen molar-refractivity contribution < 1.29 is 4.42 Å². The summed E-state index contributed by atoms with van der Waals surface area (Å²) in [6.45, 7) is 7.93. The van der Waals surface area contributed by atoms with E-state index >= 15 is 0 Å². The first-order valence-corrected chi connectivity index (χ1v) is 7.71. The number of hydrogen-bond donors (Lipinski definition) is 1. The van der Waals surface area contributed by atoms with Crippen LogP contribution >= 0.6 is 0 Å². The standard InChI is InChI=1S/C17H21N5O/c1-11(19-12(2)17-21-20-14(4)23-17)15-5-7-16(8-6-15)22-10-9-18-13(22)3/h5-12,19H,1-4H3. The average Bonchev–Trinajstić information content (AvgIpc) is 3.16. The van der Waals surface area contributed by atoms with Gasteiger partial charge in [0.15, 0.2) is 0 Å². The van der Waals surface area contributed by atoms with Crippen molar-refractivity contribution in [2.24, 2.45) is 0 Å². The first kappa shape index (κ1) is 15.4. The van der Waals surface area contributed by atoms with Crippen molar-refractivity contribution in [2.75, 3.05) is 0 Å². The van der Waals surface area contributed by atoms with Gasteiger partial charge in [-0.1, -0.05) is 12.1 Å². The average molecular weight is 311 g/mol. The lowest BCUT2D eigenvalue weighted by Crippen LogP contribution is -2.22. The van der Waals surface area contributed by atoms with Gasteiger partial charge in [0.2, 0.25) is 11.8 Å². The summed E-state index contributed by atoms with van der Waals surface area (Å²) in [5.74, 6) is 2.17. The van der Waals surface area contributed by atoms with Gasteiger partial charge in [0, 0.05) is 31.0 Å². The van der Waals surface area contributed by atoms with Crippen LogP contribution in [-0.4, -0.2) is 19.7 Å². The molecule has 0 aliphatic heterocycles. The summed E-state index contributed by atoms with van der Waals surface area (Å²) >= 11 is 0. The number of aromatic nitrogens is 4. The second-order valence-corrected chi connectivity index (χ2v) is 5.71. The van der Waals surface area contributed by atoms with Crippen molar-refractivity contribution in [3.63, 3.8) is 0 Å². The molecule has 1 aromatic carbocycles. The molecule has 3 aromatic rings. The summed E-state index contributed by atoms with van der Waals surface area (Å²) in [4.78, 5) is 4.25. The van der Waals surface area contributed by atoms with E-state index in [2.05, 4.69) is 56.3 Å². The number of nitrogens with zero attached hydrogens (tertiary/aromatic N) is 4. The highest BCUT2D eigenvalue weighted by molar-refractivity contribution is 5.36. The molecule has 0 radical (unpaired) electrons. The fourth-order valence-corrected chi connectivity index (χ4v) is 2.60. The molecule has 3 rings (SSSR count). The third-order valence-electron chi connectivity index (χ3n) is 3.91. The maximum Gasteiger partial charge on any atom is 0.233 e. The van der Waals surface area contributed by atoms with E-state index in [1.807, 2.05) is 26.2 Å². The predicted molar refractivity (Wildman–Crippen MR) is 87.3 cm³/mol. The van der Waals surface area contributed by atoms with Crippen LogP contribution in [0.2, 0.25) is 0 Å². The summed E-state index contributed by atoms with van der Waals surface area (Å²) in [6.07, 6.45) is 3.77. The largest absolute Gasteiger partial charge is 0.424 e. The van der Waals surface area contributed by atoms with Crippen LogP contribution in [0.5, 0.6) is 0 Å². The molecule has 2 aromatic heterocycles. The Hall–Kier alpha value is -2.47. The third-order valence-corrected chi connectivity index (χ3v) is 3.91. The Balaban J connectivity index is 1.70. The highest BCUT2D eigenvalue weighted by atomic mass is 16.4. The van der Waals surface area contributed by atoms with Gasteiger partial charge in [-0.25, -0.2) is 4.98 Å². The molecule has 0 saturated carbocycles. The summed E-state index contributed by atoms with van der Waals surface area (Å²) in [7, 11) is 0. The van der Waals surface area contributed by atoms with E-state index in [1.54, 1.807) is 6.92 Å². The number of aryl methyl sites for hydroxylation is 2. The number of rotatable bonds is 5. The van der Waals surface area contributed by atoms with Crippen molar-refractivity contribution in [1.82, 2.24) is 25.1 Å². The number of imidazole rings is 1. The molecule has 0 aliphatic carbocycles. The van der Waals surface area contributed by atoms with E-state index in [1.165, 1.54) is 5.56 Å². The molecule has 0 spiro atoms. The minimum atomic E-state index is 0.00164. The normalized spacial score (nSPS) is 13.9. The Morgan fingerprint density at radius 1 is 1.04 bits per heavy atom. The van der Waals surface area contributed by atoms with Crippen LogP contribution in [0.4, 0.5) is 0 Å². The fourth-order valence-electron chi connectivity index (χ4n) is 2.60. The smallest absolute Gasteiger partial charge is 0.233 e. The summed E-state index contributed by atoms with van der Waals surface area (Å²) in [6, 6.07) is 8.63. The zero-order valence-electron chi connectivity index (χ0n) is 13.8. The van der Waals surface area contributed by atoms with E-state index in [9.17, 15) is 0 Å². The Morgan fingerprint density at radius 2 is 1.78 bits per heavy atom. The van der Waals surface area contributed by atoms with E-state index in [-0.39, 0.29) is 12.1 Å². The van der Waals surface area contributed by atoms with Gasteiger partial charge in [0.25, 0.3) is 0 Å². The second-order valence-electron chi connectivity index (χ2n) is 5.71. The van der Waals surface area contributed by atoms with Crippen molar-refractivity contribution >= 4 is 0 Å². The molecular formula is C17H21N5O. The van der Waals surface area contributed by atoms with E-state index in [0.29, 0.717) is 11.8 Å². The molecule has 0 saturated heterocycles. The minimum Gasteiger partial charge on any atom is -0.424 e. The van der Waals surface area contributed by atoms with Crippen LogP contribution in [0.1, 0.15) is 49.1 Å². The Bertz CT molecular complexity index is 774. The SMILES string of the molecule is Cc1nnc(C(C)NC(C)c2ccc(-n3ccnc3C)cc2)o1. The van der Waals surface area contributed by atoms with Crippen LogP contribution in [0.15, 0.2) is 41.1 Å². The monoisotopic (exact) mass is 311 g/mol. The molecule has 6 nitrogen and oxygen atoms in total. The van der Waals surface area contributed by atoms with Gasteiger partial charge in [0.1, 0.15) is 5.82 Å². The Kier molecular flexibility index (Phi) is 4.25. The topological polar surface area (TPSA) is 68.8 Å². The van der Waals surface area contributed by atoms with Gasteiger partial charge < -0.3 is 8.98 Å². The molecule has 6 heteroatoms. The molecule has 0 bridgehead atoms. The van der Waals surface area contributed by atoms with Crippen molar-refractivity contribution in [2.45, 2.75) is 39.8 Å². The van der Waals surface area contributed by atoms with Crippen LogP contribution in [0.3, 0.4) is 0 Å². The summed E-state index contributed by atoms with van der Waals surface area (Å²) in [5, 5.41) is 11.4. The quantitative estimate of drug-likeness (QED) is 0.783. The maximum absolute atomic E-state index is 5.47. The highest BCUT2D eigenvalue weighted by Crippen LogP contribution is 2.20. The van der Waals surface area contributed by atoms with Crippen LogP contribution < -0.4 is 5.32 Å². The zero-order chi connectivity index (χ0) is 16.4. The van der Waals surface area contributed by atoms with Gasteiger partial charge in [-0.2, -0.15) is 0 Å². The Labute approximate surface area is 135 Å². The van der Waals surface area contributed by atoms with Crippen molar-refractivity contribution in [3.8, 4) is 5.69 Å². The third kappa shape index (κ3) is 3.32. The molecule has 120 valence electrons. The van der Waals surface area contributed by atoms with Gasteiger partial charge in [-0.05, 0) is 38.5 Å². The summed E-state index contributed by atoms with van der Waals surface area (Å²) in [5.41, 5.74) is 2.31. The molecule has 2 heterocycles. The lowest BCUT2D eigenvalue weighted by Gasteiger charge is -2.18. The molecule has 2 unspecified atom stereocenters. The maximum atomic E-state index is 5.47. The molecule has 0 aliphatic rings. The van der Waals surface area contributed by atoms with Gasteiger partial charge in [0.05, 0.1) is 6.04 Å². The van der Waals surface area contributed by atoms with Gasteiger partial charge in [-0.3, -0.25) is 5.32 Å². The summed E-state index contributed by atoms with van der Waals surface area (Å²) < 4.78 is 7.53. The van der Waals surface area contributed by atoms with Gasteiger partial charge >= 0.3 is 0 Å². The van der Waals surface area contributed by atoms with E-state index in [4.69, 9.17) is 4.42 Å². The second kappa shape index (κ2) is 6.34. The molecule has 2 atom stereocenters. The van der Waals surface area contributed by atoms with Crippen LogP contribution in [0.25, 0.3) is 5.69 Å². The molecule has 0 amide bonds. The fraction of sp³-hybridized carbons (Fsp3) is 0.353. The van der Waals surface area contributed by atoms with Gasteiger partial charge in [-0.15, -0.1) is 10.2 Å². The number of hydrogen-bond acceptors (Lipinski definition) is 5. The lowest BCUT2D eigenvalue weighted by molar-refractivity contribution is 0.380. The first-order chi connectivity index (χ1) is 11.0. The Morgan fingerprint density at radius 3 is 2.35 bits per heavy atom. The van der Waals surface area contributed by atoms with E-state index in [0.717, 1.165) is 11.5 Å². The number of nitrogens with one attached hydrogen (secondary N) is 1. The predicted octanol–water partition coefficient (Wildman–Crippen LogP) is 3.28. The first-order valence-electron chi connectivity index (χ1n) is 7.71. The van der Waals surface area contributed by atoms with Crippen LogP contribution in [0, 0.1) is 13.8 Å². The van der Waals surface area contributed by atoms with Crippen molar-refractivity contribution in [1.29, 1.82) is 0 Å². The zero-order valence-corrected chi connectivity index (χ0v) is 13.8. The van der Waals surface area contributed by atoms with Crippen molar-refractivity contribution in [3.05, 3.63) is 59.8 Å². The minimum absolute atomic E-state index is 0.00164. The molecule has 0 fully saturated rings. The molecule has 23 heavy (non-hydrogen) atoms. The molecular weight excluding hydrogens is 290 g/mol. The number of benzene rings is 1. The van der Waals surface area contributed by atoms with Crippen LogP contribution in [-0.2, 0) is 0 Å². The molecule has 1 N–H and O–H groups in total. The highest BCUT2D eigenvalue weighted by Gasteiger charge is 2.16. The lowest BCUT2D eigenvalue weighted by atomic mass is 10.1.